The summed E-state index contributed by atoms with van der Waals surface area (Å²) >= 11 is 0. The predicted octanol–water partition coefficient (Wildman–Crippen LogP) is 1.44. The van der Waals surface area contributed by atoms with E-state index in [1.54, 1.807) is 33.5 Å². The number of likely N-dealkylation sites (tertiary alicyclic amines) is 1. The van der Waals surface area contributed by atoms with Crippen molar-refractivity contribution >= 4 is 15.9 Å². The molecule has 6 nitrogen and oxygen atoms in total. The molecule has 1 amide bonds. The normalized spacial score (nSPS) is 19.9. The lowest BCUT2D eigenvalue weighted by atomic mass is 10.1. The summed E-state index contributed by atoms with van der Waals surface area (Å²) in [5.41, 5.74) is 0.514. The van der Waals surface area contributed by atoms with Gasteiger partial charge in [-0.1, -0.05) is 12.8 Å². The van der Waals surface area contributed by atoms with Crippen LogP contribution in [0.1, 0.15) is 61.7 Å². The van der Waals surface area contributed by atoms with Gasteiger partial charge in [0.1, 0.15) is 0 Å². The largest absolute Gasteiger partial charge is 0.352 e. The Morgan fingerprint density at radius 1 is 0.929 bits per heavy atom. The van der Waals surface area contributed by atoms with E-state index in [1.165, 1.54) is 32.4 Å². The molecule has 156 valence electrons. The lowest BCUT2D eigenvalue weighted by Gasteiger charge is -2.23. The molecule has 2 saturated heterocycles. The second-order valence-electron chi connectivity index (χ2n) is 8.01. The molecule has 0 atom stereocenters. The van der Waals surface area contributed by atoms with Crippen LogP contribution in [-0.2, 0) is 10.0 Å². The van der Waals surface area contributed by atoms with E-state index in [0.717, 1.165) is 38.6 Å². The topological polar surface area (TPSA) is 70.9 Å². The molecule has 0 aliphatic carbocycles. The molecule has 2 N–H and O–H groups in total. The third-order valence-electron chi connectivity index (χ3n) is 5.87. The number of rotatable bonds is 7. The maximum Gasteiger partial charge on any atom is 0.251 e. The summed E-state index contributed by atoms with van der Waals surface area (Å²) in [4.78, 5) is 14.2. The van der Waals surface area contributed by atoms with Crippen molar-refractivity contribution in [1.82, 2.24) is 9.62 Å². The predicted molar refractivity (Wildman–Crippen MR) is 110 cm³/mol. The van der Waals surface area contributed by atoms with Crippen LogP contribution in [0.3, 0.4) is 0 Å². The van der Waals surface area contributed by atoms with Gasteiger partial charge in [0.15, 0.2) is 0 Å². The smallest absolute Gasteiger partial charge is 0.251 e. The second kappa shape index (κ2) is 10.4. The molecule has 0 bridgehead atoms. The first-order valence-electron chi connectivity index (χ1n) is 10.8. The summed E-state index contributed by atoms with van der Waals surface area (Å²) < 4.78 is 27.2. The molecule has 2 heterocycles. The Kier molecular flexibility index (Phi) is 7.88. The van der Waals surface area contributed by atoms with Gasteiger partial charge in [-0.25, -0.2) is 8.42 Å². The Morgan fingerprint density at radius 2 is 1.54 bits per heavy atom. The Balaban J connectivity index is 1.49. The minimum Gasteiger partial charge on any atom is -0.352 e. The van der Waals surface area contributed by atoms with Crippen LogP contribution in [0.5, 0.6) is 0 Å². The van der Waals surface area contributed by atoms with E-state index >= 15 is 0 Å². The molecule has 1 aromatic rings. The number of carbonyl (C=O) groups is 1. The molecular weight excluding hydrogens is 374 g/mol. The molecule has 0 radical (unpaired) electrons. The first-order valence-corrected chi connectivity index (χ1v) is 12.2. The number of sulfonamides is 1. The molecule has 1 aromatic carbocycles. The SMILES string of the molecule is O=C(NCCC[NH+]1CCCCC1)c1ccc(S(=O)(=O)N2CCCCCC2)cc1. The highest BCUT2D eigenvalue weighted by molar-refractivity contribution is 7.89. The molecule has 0 aromatic heterocycles. The summed E-state index contributed by atoms with van der Waals surface area (Å²) in [6, 6.07) is 6.37. The number of hydrogen-bond donors (Lipinski definition) is 2. The first-order chi connectivity index (χ1) is 13.6. The van der Waals surface area contributed by atoms with Crippen molar-refractivity contribution in [3.63, 3.8) is 0 Å². The average molecular weight is 409 g/mol. The maximum atomic E-state index is 12.8. The van der Waals surface area contributed by atoms with Crippen molar-refractivity contribution in [2.45, 2.75) is 56.3 Å². The van der Waals surface area contributed by atoms with Gasteiger partial charge in [-0.05, 0) is 56.4 Å². The fraction of sp³-hybridized carbons (Fsp3) is 0.667. The highest BCUT2D eigenvalue weighted by atomic mass is 32.2. The maximum absolute atomic E-state index is 12.8. The number of benzene rings is 1. The highest BCUT2D eigenvalue weighted by Crippen LogP contribution is 2.20. The van der Waals surface area contributed by atoms with Gasteiger partial charge in [0.05, 0.1) is 24.5 Å². The summed E-state index contributed by atoms with van der Waals surface area (Å²) in [5.74, 6) is -0.132. The summed E-state index contributed by atoms with van der Waals surface area (Å²) in [5, 5.41) is 2.96. The minimum absolute atomic E-state index is 0.132. The van der Waals surface area contributed by atoms with E-state index < -0.39 is 10.0 Å². The fourth-order valence-electron chi connectivity index (χ4n) is 4.15. The molecule has 0 spiro atoms. The molecular formula is C21H34N3O3S+. The van der Waals surface area contributed by atoms with E-state index in [-0.39, 0.29) is 10.8 Å². The zero-order chi connectivity index (χ0) is 19.8. The van der Waals surface area contributed by atoms with E-state index in [4.69, 9.17) is 0 Å². The van der Waals surface area contributed by atoms with E-state index in [0.29, 0.717) is 25.2 Å². The standard InChI is InChI=1S/C21H33N3O3S/c25-21(22-13-8-16-23-14-4-3-5-15-23)19-9-11-20(12-10-19)28(26,27)24-17-6-1-2-7-18-24/h9-12H,1-8,13-18H2,(H,22,25)/p+1. The summed E-state index contributed by atoms with van der Waals surface area (Å²) in [7, 11) is -3.46. The van der Waals surface area contributed by atoms with Gasteiger partial charge in [0, 0.05) is 31.6 Å². The van der Waals surface area contributed by atoms with Crippen LogP contribution in [0.15, 0.2) is 29.2 Å². The van der Waals surface area contributed by atoms with Crippen molar-refractivity contribution in [1.29, 1.82) is 0 Å². The molecule has 2 fully saturated rings. The Labute approximate surface area is 169 Å². The van der Waals surface area contributed by atoms with Gasteiger partial charge in [-0.2, -0.15) is 4.31 Å². The Hall–Kier alpha value is -1.44. The number of carbonyl (C=O) groups excluding carboxylic acids is 1. The zero-order valence-corrected chi connectivity index (χ0v) is 17.6. The van der Waals surface area contributed by atoms with Crippen LogP contribution in [0, 0.1) is 0 Å². The quantitative estimate of drug-likeness (QED) is 0.671. The number of amides is 1. The third-order valence-corrected chi connectivity index (χ3v) is 7.79. The van der Waals surface area contributed by atoms with Gasteiger partial charge in [0.2, 0.25) is 10.0 Å². The van der Waals surface area contributed by atoms with Crippen molar-refractivity contribution in [2.24, 2.45) is 0 Å². The van der Waals surface area contributed by atoms with Gasteiger partial charge >= 0.3 is 0 Å². The summed E-state index contributed by atoms with van der Waals surface area (Å²) in [6.07, 6.45) is 8.96. The number of quaternary nitrogens is 1. The lowest BCUT2D eigenvalue weighted by molar-refractivity contribution is -0.904. The molecule has 28 heavy (non-hydrogen) atoms. The Morgan fingerprint density at radius 3 is 2.18 bits per heavy atom. The van der Waals surface area contributed by atoms with Crippen LogP contribution < -0.4 is 10.2 Å². The first kappa shape index (κ1) is 21.3. The second-order valence-corrected chi connectivity index (χ2v) is 9.95. The molecule has 0 saturated carbocycles. The monoisotopic (exact) mass is 408 g/mol. The van der Waals surface area contributed by atoms with Crippen molar-refractivity contribution in [3.8, 4) is 0 Å². The molecule has 7 heteroatoms. The van der Waals surface area contributed by atoms with Crippen LogP contribution in [0.2, 0.25) is 0 Å². The number of nitrogens with zero attached hydrogens (tertiary/aromatic N) is 1. The summed E-state index contributed by atoms with van der Waals surface area (Å²) in [6.45, 7) is 5.44. The van der Waals surface area contributed by atoms with Gasteiger partial charge in [-0.15, -0.1) is 0 Å². The van der Waals surface area contributed by atoms with Gasteiger partial charge < -0.3 is 10.2 Å². The van der Waals surface area contributed by atoms with Gasteiger partial charge in [-0.3, -0.25) is 4.79 Å². The molecule has 3 rings (SSSR count). The molecule has 0 unspecified atom stereocenters. The van der Waals surface area contributed by atoms with Crippen molar-refractivity contribution in [2.75, 3.05) is 39.3 Å². The molecule has 2 aliphatic rings. The van der Waals surface area contributed by atoms with Crippen LogP contribution in [0.4, 0.5) is 0 Å². The van der Waals surface area contributed by atoms with Crippen LogP contribution >= 0.6 is 0 Å². The number of piperidine rings is 1. The lowest BCUT2D eigenvalue weighted by Crippen LogP contribution is -3.12. The minimum atomic E-state index is -3.46. The zero-order valence-electron chi connectivity index (χ0n) is 16.8. The number of hydrogen-bond acceptors (Lipinski definition) is 3. The average Bonchev–Trinajstić information content (AvgIpc) is 3.02. The Bertz CT molecular complexity index is 720. The van der Waals surface area contributed by atoms with Crippen LogP contribution in [0.25, 0.3) is 0 Å². The number of nitrogens with one attached hydrogen (secondary N) is 2. The van der Waals surface area contributed by atoms with E-state index in [1.807, 2.05) is 0 Å². The fourth-order valence-corrected chi connectivity index (χ4v) is 5.67. The van der Waals surface area contributed by atoms with Crippen molar-refractivity contribution < 1.29 is 18.1 Å². The van der Waals surface area contributed by atoms with E-state index in [2.05, 4.69) is 5.32 Å². The van der Waals surface area contributed by atoms with E-state index in [9.17, 15) is 13.2 Å². The van der Waals surface area contributed by atoms with Crippen molar-refractivity contribution in [3.05, 3.63) is 29.8 Å². The highest BCUT2D eigenvalue weighted by Gasteiger charge is 2.25. The van der Waals surface area contributed by atoms with Gasteiger partial charge in [0.25, 0.3) is 5.91 Å². The molecule has 2 aliphatic heterocycles. The van der Waals surface area contributed by atoms with Crippen LogP contribution in [-0.4, -0.2) is 57.9 Å². The third kappa shape index (κ3) is 5.78.